The second-order valence-corrected chi connectivity index (χ2v) is 15.1. The first-order chi connectivity index (χ1) is 26.3. The Morgan fingerprint density at radius 3 is 1.50 bits per heavy atom. The van der Waals surface area contributed by atoms with E-state index in [1.165, 1.54) is 96.3 Å². The van der Waals surface area contributed by atoms with E-state index in [4.69, 9.17) is 18.9 Å². The van der Waals surface area contributed by atoms with Crippen molar-refractivity contribution in [3.8, 4) is 0 Å². The van der Waals surface area contributed by atoms with Gasteiger partial charge < -0.3 is 39.4 Å². The summed E-state index contributed by atoms with van der Waals surface area (Å²) in [5, 5.41) is 40.0. The maximum atomic E-state index is 12.7. The van der Waals surface area contributed by atoms with E-state index in [1.54, 1.807) is 0 Å². The monoisotopic (exact) mass is 769 g/mol. The average molecular weight is 769 g/mol. The van der Waals surface area contributed by atoms with Gasteiger partial charge in [-0.05, 0) is 57.8 Å². The first kappa shape index (κ1) is 50.2. The van der Waals surface area contributed by atoms with Crippen LogP contribution in [-0.2, 0) is 28.5 Å². The number of esters is 2. The van der Waals surface area contributed by atoms with Gasteiger partial charge in [-0.25, -0.2) is 0 Å². The lowest BCUT2D eigenvalue weighted by molar-refractivity contribution is -0.305. The van der Waals surface area contributed by atoms with Crippen molar-refractivity contribution in [3.05, 3.63) is 24.3 Å². The van der Waals surface area contributed by atoms with Crippen molar-refractivity contribution < 1.29 is 49.0 Å². The van der Waals surface area contributed by atoms with Crippen LogP contribution in [0.25, 0.3) is 0 Å². The third kappa shape index (κ3) is 26.9. The SMILES string of the molecule is CCCC/C=C/CCCCCCCCCCCC(=O)O[C@H](COC(=O)CCCCCCC/C=C/CCCCCCC)CO[C@@H]1O[C@H](CO)[C@H](O)C(O)C1O. The van der Waals surface area contributed by atoms with E-state index < -0.39 is 49.4 Å². The molecule has 6 atom stereocenters. The highest BCUT2D eigenvalue weighted by Gasteiger charge is 2.44. The fraction of sp³-hybridized carbons (Fsp3) is 0.864. The summed E-state index contributed by atoms with van der Waals surface area (Å²) in [6, 6.07) is 0. The summed E-state index contributed by atoms with van der Waals surface area (Å²) in [6.07, 6.45) is 30.4. The molecule has 0 radical (unpaired) electrons. The quantitative estimate of drug-likeness (QED) is 0.0276. The molecule has 0 aromatic heterocycles. The Morgan fingerprint density at radius 2 is 1.00 bits per heavy atom. The van der Waals surface area contributed by atoms with Crippen molar-refractivity contribution in [2.45, 2.75) is 224 Å². The lowest BCUT2D eigenvalue weighted by Crippen LogP contribution is -2.59. The van der Waals surface area contributed by atoms with Crippen LogP contribution in [0.3, 0.4) is 0 Å². The summed E-state index contributed by atoms with van der Waals surface area (Å²) in [6.45, 7) is 3.37. The number of unbranched alkanes of at least 4 members (excludes halogenated alkanes) is 21. The molecule has 1 aliphatic heterocycles. The number of rotatable bonds is 36. The molecule has 10 nitrogen and oxygen atoms in total. The average Bonchev–Trinajstić information content (AvgIpc) is 3.17. The third-order valence-corrected chi connectivity index (χ3v) is 10.1. The lowest BCUT2D eigenvalue weighted by atomic mass is 9.99. The van der Waals surface area contributed by atoms with E-state index in [2.05, 4.69) is 38.2 Å². The molecule has 1 saturated heterocycles. The standard InChI is InChI=1S/C44H80O10/c1-3-5-7-9-11-13-15-17-19-21-23-25-27-29-31-33-40(47)53-37(36-52-44-43(50)42(49)41(48)38(34-45)54-44)35-51-39(46)32-30-28-26-24-22-20-18-16-14-12-10-8-6-4-2/h9,11,16,18,37-38,41-45,48-50H,3-8,10,12-15,17,19-36H2,1-2H3/b11-9+,18-16+/t37-,38-,41+,42?,43?,44-/m1/s1. The third-order valence-electron chi connectivity index (χ3n) is 10.1. The lowest BCUT2D eigenvalue weighted by Gasteiger charge is -2.39. The molecule has 1 fully saturated rings. The fourth-order valence-corrected chi connectivity index (χ4v) is 6.52. The van der Waals surface area contributed by atoms with Gasteiger partial charge in [-0.2, -0.15) is 0 Å². The molecular formula is C44H80O10. The normalized spacial score (nSPS) is 20.9. The second kappa shape index (κ2) is 35.6. The van der Waals surface area contributed by atoms with Crippen LogP contribution in [0.15, 0.2) is 24.3 Å². The molecule has 2 unspecified atom stereocenters. The Labute approximate surface area is 328 Å². The van der Waals surface area contributed by atoms with E-state index in [9.17, 15) is 30.0 Å². The predicted molar refractivity (Wildman–Crippen MR) is 215 cm³/mol. The zero-order valence-electron chi connectivity index (χ0n) is 34.2. The van der Waals surface area contributed by atoms with Crippen LogP contribution in [0.4, 0.5) is 0 Å². The van der Waals surface area contributed by atoms with E-state index >= 15 is 0 Å². The van der Waals surface area contributed by atoms with Crippen LogP contribution in [0.5, 0.6) is 0 Å². The Hall–Kier alpha value is -1.82. The summed E-state index contributed by atoms with van der Waals surface area (Å²) in [5.74, 6) is -0.816. The Balaban J connectivity index is 2.35. The van der Waals surface area contributed by atoms with Crippen LogP contribution < -0.4 is 0 Å². The van der Waals surface area contributed by atoms with Gasteiger partial charge in [-0.1, -0.05) is 141 Å². The number of aliphatic hydroxyl groups is 4. The largest absolute Gasteiger partial charge is 0.462 e. The molecule has 4 N–H and O–H groups in total. The first-order valence-corrected chi connectivity index (χ1v) is 21.9. The van der Waals surface area contributed by atoms with E-state index in [-0.39, 0.29) is 32.0 Å². The van der Waals surface area contributed by atoms with Crippen LogP contribution in [-0.4, -0.2) is 89.0 Å². The van der Waals surface area contributed by atoms with Crippen LogP contribution >= 0.6 is 0 Å². The van der Waals surface area contributed by atoms with E-state index in [0.717, 1.165) is 57.8 Å². The molecule has 0 spiro atoms. The van der Waals surface area contributed by atoms with Gasteiger partial charge >= 0.3 is 11.9 Å². The minimum absolute atomic E-state index is 0.220. The molecule has 10 heteroatoms. The second-order valence-electron chi connectivity index (χ2n) is 15.1. The highest BCUT2D eigenvalue weighted by atomic mass is 16.7. The maximum absolute atomic E-state index is 12.7. The van der Waals surface area contributed by atoms with Crippen molar-refractivity contribution in [2.75, 3.05) is 19.8 Å². The minimum atomic E-state index is -1.59. The van der Waals surface area contributed by atoms with Crippen molar-refractivity contribution >= 4 is 11.9 Å². The summed E-state index contributed by atoms with van der Waals surface area (Å²) < 4.78 is 22.1. The summed E-state index contributed by atoms with van der Waals surface area (Å²) in [5.41, 5.74) is 0. The number of aliphatic hydroxyl groups excluding tert-OH is 4. The highest BCUT2D eigenvalue weighted by molar-refractivity contribution is 5.70. The van der Waals surface area contributed by atoms with Gasteiger partial charge in [0.15, 0.2) is 12.4 Å². The first-order valence-electron chi connectivity index (χ1n) is 21.9. The molecule has 0 aromatic rings. The molecule has 0 aromatic carbocycles. The molecule has 54 heavy (non-hydrogen) atoms. The van der Waals surface area contributed by atoms with E-state index in [1.807, 2.05) is 0 Å². The van der Waals surface area contributed by atoms with Crippen LogP contribution in [0, 0.1) is 0 Å². The predicted octanol–water partition coefficient (Wildman–Crippen LogP) is 8.94. The Morgan fingerprint density at radius 1 is 0.556 bits per heavy atom. The summed E-state index contributed by atoms with van der Waals surface area (Å²) in [4.78, 5) is 25.3. The van der Waals surface area contributed by atoms with Crippen molar-refractivity contribution in [2.24, 2.45) is 0 Å². The topological polar surface area (TPSA) is 152 Å². The van der Waals surface area contributed by atoms with Crippen molar-refractivity contribution in [1.82, 2.24) is 0 Å². The number of hydrogen-bond donors (Lipinski definition) is 4. The minimum Gasteiger partial charge on any atom is -0.462 e. The van der Waals surface area contributed by atoms with Gasteiger partial charge in [0, 0.05) is 12.8 Å². The van der Waals surface area contributed by atoms with Gasteiger partial charge in [0.2, 0.25) is 0 Å². The number of carbonyl (C=O) groups is 2. The maximum Gasteiger partial charge on any atom is 0.306 e. The number of allylic oxidation sites excluding steroid dienone is 4. The molecular weight excluding hydrogens is 688 g/mol. The number of hydrogen-bond acceptors (Lipinski definition) is 10. The summed E-state index contributed by atoms with van der Waals surface area (Å²) >= 11 is 0. The zero-order chi connectivity index (χ0) is 39.5. The molecule has 0 saturated carbocycles. The van der Waals surface area contributed by atoms with Gasteiger partial charge in [-0.3, -0.25) is 9.59 Å². The molecule has 316 valence electrons. The highest BCUT2D eigenvalue weighted by Crippen LogP contribution is 2.22. The van der Waals surface area contributed by atoms with Gasteiger partial charge in [0.05, 0.1) is 13.2 Å². The van der Waals surface area contributed by atoms with Crippen LogP contribution in [0.2, 0.25) is 0 Å². The number of ether oxygens (including phenoxy) is 4. The van der Waals surface area contributed by atoms with Gasteiger partial charge in [-0.15, -0.1) is 0 Å². The van der Waals surface area contributed by atoms with Crippen molar-refractivity contribution in [1.29, 1.82) is 0 Å². The fourth-order valence-electron chi connectivity index (χ4n) is 6.52. The molecule has 1 heterocycles. The smallest absolute Gasteiger partial charge is 0.306 e. The van der Waals surface area contributed by atoms with E-state index in [0.29, 0.717) is 6.42 Å². The Kier molecular flexibility index (Phi) is 33.1. The van der Waals surface area contributed by atoms with Gasteiger partial charge in [0.25, 0.3) is 0 Å². The molecule has 1 aliphatic rings. The zero-order valence-corrected chi connectivity index (χ0v) is 34.2. The Bertz CT molecular complexity index is 938. The molecule has 0 amide bonds. The molecule has 1 rings (SSSR count). The molecule has 0 bridgehead atoms. The molecule has 0 aliphatic carbocycles. The van der Waals surface area contributed by atoms with Crippen molar-refractivity contribution in [3.63, 3.8) is 0 Å². The summed E-state index contributed by atoms with van der Waals surface area (Å²) in [7, 11) is 0. The number of carbonyl (C=O) groups excluding carboxylic acids is 2. The van der Waals surface area contributed by atoms with Gasteiger partial charge in [0.1, 0.15) is 31.0 Å². The van der Waals surface area contributed by atoms with Crippen LogP contribution in [0.1, 0.15) is 187 Å².